The van der Waals surface area contributed by atoms with Gasteiger partial charge in [-0.3, -0.25) is 4.79 Å². The van der Waals surface area contributed by atoms with Crippen molar-refractivity contribution >= 4 is 5.97 Å². The van der Waals surface area contributed by atoms with Gasteiger partial charge in [0.25, 0.3) is 0 Å². The predicted molar refractivity (Wildman–Crippen MR) is 69.7 cm³/mol. The summed E-state index contributed by atoms with van der Waals surface area (Å²) in [6, 6.07) is 3.94. The maximum Gasteiger partial charge on any atom is 0.303 e. The minimum atomic E-state index is -0.725. The number of carboxylic acids is 1. The van der Waals surface area contributed by atoms with E-state index in [2.05, 4.69) is 6.92 Å². The molecule has 0 amide bonds. The number of fused-ring (bicyclic) bond motifs is 1. The van der Waals surface area contributed by atoms with Gasteiger partial charge in [0.2, 0.25) is 6.79 Å². The first kappa shape index (κ1) is 12.3. The molecule has 3 rings (SSSR count). The maximum atomic E-state index is 11.1. The molecule has 2 aliphatic rings. The lowest BCUT2D eigenvalue weighted by atomic mass is 9.86. The lowest BCUT2D eigenvalue weighted by molar-refractivity contribution is -0.137. The molecule has 1 aliphatic heterocycles. The molecule has 4 heteroatoms. The molecule has 1 aromatic carbocycles. The third kappa shape index (κ3) is 2.27. The van der Waals surface area contributed by atoms with E-state index in [1.54, 1.807) is 0 Å². The molecule has 0 bridgehead atoms. The topological polar surface area (TPSA) is 55.8 Å². The molecule has 1 aromatic rings. The number of hydrogen-bond acceptors (Lipinski definition) is 3. The smallest absolute Gasteiger partial charge is 0.303 e. The third-order valence-corrected chi connectivity index (χ3v) is 4.02. The molecule has 1 heterocycles. The van der Waals surface area contributed by atoms with Crippen LogP contribution in [0.2, 0.25) is 0 Å². The molecule has 1 N–H and O–H groups in total. The van der Waals surface area contributed by atoms with Crippen LogP contribution in [0.3, 0.4) is 0 Å². The van der Waals surface area contributed by atoms with Gasteiger partial charge in [0.1, 0.15) is 0 Å². The Hall–Kier alpha value is -1.71. The van der Waals surface area contributed by atoms with Crippen LogP contribution in [0, 0.1) is 5.92 Å². The number of ether oxygens (including phenoxy) is 2. The molecular formula is C15H18O4. The molecule has 0 radical (unpaired) electrons. The van der Waals surface area contributed by atoms with Gasteiger partial charge in [0.15, 0.2) is 11.5 Å². The molecule has 1 fully saturated rings. The zero-order valence-corrected chi connectivity index (χ0v) is 11.0. The summed E-state index contributed by atoms with van der Waals surface area (Å²) in [6.45, 7) is 2.34. The summed E-state index contributed by atoms with van der Waals surface area (Å²) < 4.78 is 10.9. The van der Waals surface area contributed by atoms with E-state index >= 15 is 0 Å². The Morgan fingerprint density at radius 2 is 2.21 bits per heavy atom. The lowest BCUT2D eigenvalue weighted by Gasteiger charge is -2.19. The van der Waals surface area contributed by atoms with E-state index in [0.717, 1.165) is 41.9 Å². The van der Waals surface area contributed by atoms with Crippen molar-refractivity contribution in [2.75, 3.05) is 6.79 Å². The summed E-state index contributed by atoms with van der Waals surface area (Å²) in [6.07, 6.45) is 3.31. The van der Waals surface area contributed by atoms with Gasteiger partial charge in [0, 0.05) is 5.56 Å². The standard InChI is InChI=1S/C15H18O4/c1-2-10-11(5-6-13-15(10)19-8-18-13)12(7-14(16)17)9-3-4-9/h5-6,9,12H,2-4,7-8H2,1H3,(H,16,17). The second-order valence-electron chi connectivity index (χ2n) is 5.26. The van der Waals surface area contributed by atoms with Crippen molar-refractivity contribution in [1.82, 2.24) is 0 Å². The Kier molecular flexibility index (Phi) is 3.09. The summed E-state index contributed by atoms with van der Waals surface area (Å²) in [5, 5.41) is 9.12. The van der Waals surface area contributed by atoms with Gasteiger partial charge < -0.3 is 14.6 Å². The van der Waals surface area contributed by atoms with Crippen molar-refractivity contribution < 1.29 is 19.4 Å². The second-order valence-corrected chi connectivity index (χ2v) is 5.26. The van der Waals surface area contributed by atoms with Crippen LogP contribution in [-0.2, 0) is 11.2 Å². The van der Waals surface area contributed by atoms with Crippen molar-refractivity contribution in [1.29, 1.82) is 0 Å². The van der Waals surface area contributed by atoms with Crippen LogP contribution in [0.1, 0.15) is 43.2 Å². The highest BCUT2D eigenvalue weighted by Gasteiger charge is 2.36. The zero-order valence-electron chi connectivity index (χ0n) is 11.0. The largest absolute Gasteiger partial charge is 0.481 e. The van der Waals surface area contributed by atoms with Gasteiger partial charge in [-0.2, -0.15) is 0 Å². The Bertz CT molecular complexity index is 505. The molecule has 4 nitrogen and oxygen atoms in total. The van der Waals surface area contributed by atoms with E-state index in [1.165, 1.54) is 0 Å². The molecule has 0 spiro atoms. The van der Waals surface area contributed by atoms with Crippen LogP contribution in [0.25, 0.3) is 0 Å². The van der Waals surface area contributed by atoms with Crippen LogP contribution in [0.5, 0.6) is 11.5 Å². The number of rotatable bonds is 5. The first-order valence-electron chi connectivity index (χ1n) is 6.83. The fourth-order valence-corrected chi connectivity index (χ4v) is 2.97. The van der Waals surface area contributed by atoms with E-state index in [-0.39, 0.29) is 19.1 Å². The first-order valence-corrected chi connectivity index (χ1v) is 6.83. The Morgan fingerprint density at radius 3 is 2.84 bits per heavy atom. The quantitative estimate of drug-likeness (QED) is 0.886. The monoisotopic (exact) mass is 262 g/mol. The first-order chi connectivity index (χ1) is 9.20. The van der Waals surface area contributed by atoms with E-state index in [0.29, 0.717) is 5.92 Å². The van der Waals surface area contributed by atoms with Crippen molar-refractivity contribution in [2.45, 2.75) is 38.5 Å². The lowest BCUT2D eigenvalue weighted by Crippen LogP contribution is -2.11. The minimum absolute atomic E-state index is 0.113. The SMILES string of the molecule is CCc1c(C(CC(=O)O)C2CC2)ccc2c1OCO2. The van der Waals surface area contributed by atoms with Gasteiger partial charge in [-0.25, -0.2) is 0 Å². The molecule has 0 saturated heterocycles. The summed E-state index contributed by atoms with van der Waals surface area (Å²) in [5.74, 6) is 1.50. The fraction of sp³-hybridized carbons (Fsp3) is 0.533. The molecule has 0 aromatic heterocycles. The fourth-order valence-electron chi connectivity index (χ4n) is 2.97. The second kappa shape index (κ2) is 4.76. The summed E-state index contributed by atoms with van der Waals surface area (Å²) >= 11 is 0. The number of carboxylic acid groups (broad SMARTS) is 1. The molecule has 19 heavy (non-hydrogen) atoms. The van der Waals surface area contributed by atoms with Crippen molar-refractivity contribution in [3.8, 4) is 11.5 Å². The minimum Gasteiger partial charge on any atom is -0.481 e. The van der Waals surface area contributed by atoms with Gasteiger partial charge in [-0.1, -0.05) is 13.0 Å². The van der Waals surface area contributed by atoms with Gasteiger partial charge in [0.05, 0.1) is 6.42 Å². The normalized spacial score (nSPS) is 18.4. The molecule has 1 saturated carbocycles. The number of carbonyl (C=O) groups is 1. The zero-order chi connectivity index (χ0) is 13.4. The van der Waals surface area contributed by atoms with Crippen LogP contribution in [0.4, 0.5) is 0 Å². The third-order valence-electron chi connectivity index (χ3n) is 4.02. The Labute approximate surface area is 112 Å². The van der Waals surface area contributed by atoms with Crippen LogP contribution < -0.4 is 9.47 Å². The van der Waals surface area contributed by atoms with E-state index < -0.39 is 5.97 Å². The molecular weight excluding hydrogens is 244 g/mol. The van der Waals surface area contributed by atoms with Crippen molar-refractivity contribution in [3.05, 3.63) is 23.3 Å². The van der Waals surface area contributed by atoms with E-state index in [9.17, 15) is 4.79 Å². The van der Waals surface area contributed by atoms with E-state index in [4.69, 9.17) is 14.6 Å². The number of benzene rings is 1. The molecule has 1 unspecified atom stereocenters. The van der Waals surface area contributed by atoms with Gasteiger partial charge in [-0.05, 0) is 42.7 Å². The molecule has 102 valence electrons. The Balaban J connectivity index is 2.00. The van der Waals surface area contributed by atoms with Crippen LogP contribution in [-0.4, -0.2) is 17.9 Å². The summed E-state index contributed by atoms with van der Waals surface area (Å²) in [5.41, 5.74) is 2.25. The van der Waals surface area contributed by atoms with Crippen molar-refractivity contribution in [2.24, 2.45) is 5.92 Å². The van der Waals surface area contributed by atoms with Crippen LogP contribution in [0.15, 0.2) is 12.1 Å². The highest BCUT2D eigenvalue weighted by molar-refractivity contribution is 5.69. The van der Waals surface area contributed by atoms with E-state index in [1.807, 2.05) is 12.1 Å². The average molecular weight is 262 g/mol. The maximum absolute atomic E-state index is 11.1. The van der Waals surface area contributed by atoms with Gasteiger partial charge >= 0.3 is 5.97 Å². The average Bonchev–Trinajstić information content (AvgIpc) is 3.12. The van der Waals surface area contributed by atoms with Crippen molar-refractivity contribution in [3.63, 3.8) is 0 Å². The predicted octanol–water partition coefficient (Wildman–Crippen LogP) is 2.95. The number of aliphatic carboxylic acids is 1. The molecule has 1 atom stereocenters. The highest BCUT2D eigenvalue weighted by Crippen LogP contribution is 2.48. The van der Waals surface area contributed by atoms with Crippen LogP contribution >= 0.6 is 0 Å². The highest BCUT2D eigenvalue weighted by atomic mass is 16.7. The summed E-state index contributed by atoms with van der Waals surface area (Å²) in [7, 11) is 0. The van der Waals surface area contributed by atoms with Gasteiger partial charge in [-0.15, -0.1) is 0 Å². The summed E-state index contributed by atoms with van der Waals surface area (Å²) in [4.78, 5) is 11.1. The Morgan fingerprint density at radius 1 is 1.42 bits per heavy atom. The number of hydrogen-bond donors (Lipinski definition) is 1. The molecule has 1 aliphatic carbocycles.